The Morgan fingerprint density at radius 1 is 1.24 bits per heavy atom. The SMILES string of the molecule is Cn1cc(-c2cc(CO)cc(NC(=O)Cc3ccccc3Cl)c2)cn1. The van der Waals surface area contributed by atoms with Crippen molar-refractivity contribution in [3.05, 3.63) is 71.0 Å². The second kappa shape index (κ2) is 7.51. The Balaban J connectivity index is 1.82. The number of aromatic nitrogens is 2. The van der Waals surface area contributed by atoms with Crippen LogP contribution in [-0.2, 0) is 24.9 Å². The molecule has 1 heterocycles. The minimum Gasteiger partial charge on any atom is -0.392 e. The maximum atomic E-state index is 12.3. The number of aryl methyl sites for hydroxylation is 1. The van der Waals surface area contributed by atoms with Gasteiger partial charge in [-0.05, 0) is 41.0 Å². The predicted octanol–water partition coefficient (Wildman–Crippen LogP) is 3.41. The molecule has 1 amide bonds. The van der Waals surface area contributed by atoms with Gasteiger partial charge in [-0.1, -0.05) is 29.8 Å². The molecule has 0 radical (unpaired) electrons. The third-order valence-electron chi connectivity index (χ3n) is 3.81. The van der Waals surface area contributed by atoms with Crippen LogP contribution in [0.5, 0.6) is 0 Å². The zero-order valence-electron chi connectivity index (χ0n) is 13.7. The second-order valence-electron chi connectivity index (χ2n) is 5.80. The summed E-state index contributed by atoms with van der Waals surface area (Å²) in [5.41, 5.74) is 3.91. The standard InChI is InChI=1S/C19H18ClN3O2/c1-23-11-16(10-21-23)15-6-13(12-24)7-17(8-15)22-19(25)9-14-4-2-3-5-18(14)20/h2-8,10-11,24H,9,12H2,1H3,(H,22,25). The van der Waals surface area contributed by atoms with Crippen molar-refractivity contribution in [1.29, 1.82) is 0 Å². The Labute approximate surface area is 150 Å². The smallest absolute Gasteiger partial charge is 0.228 e. The largest absolute Gasteiger partial charge is 0.392 e. The van der Waals surface area contributed by atoms with Gasteiger partial charge in [-0.15, -0.1) is 0 Å². The fraction of sp³-hybridized carbons (Fsp3) is 0.158. The van der Waals surface area contributed by atoms with Crippen molar-refractivity contribution in [3.63, 3.8) is 0 Å². The molecule has 5 nitrogen and oxygen atoms in total. The summed E-state index contributed by atoms with van der Waals surface area (Å²) < 4.78 is 1.70. The number of nitrogens with zero attached hydrogens (tertiary/aromatic N) is 2. The summed E-state index contributed by atoms with van der Waals surface area (Å²) in [5.74, 6) is -0.166. The van der Waals surface area contributed by atoms with Crippen LogP contribution >= 0.6 is 11.6 Å². The molecule has 25 heavy (non-hydrogen) atoms. The fourth-order valence-corrected chi connectivity index (χ4v) is 2.81. The number of aliphatic hydroxyl groups is 1. The van der Waals surface area contributed by atoms with E-state index in [-0.39, 0.29) is 18.9 Å². The van der Waals surface area contributed by atoms with E-state index in [1.165, 1.54) is 0 Å². The van der Waals surface area contributed by atoms with Crippen LogP contribution in [0.3, 0.4) is 0 Å². The number of hydrogen-bond donors (Lipinski definition) is 2. The summed E-state index contributed by atoms with van der Waals surface area (Å²) >= 11 is 6.10. The maximum Gasteiger partial charge on any atom is 0.228 e. The topological polar surface area (TPSA) is 67.2 Å². The lowest BCUT2D eigenvalue weighted by atomic mass is 10.0. The van der Waals surface area contributed by atoms with Gasteiger partial charge in [0.25, 0.3) is 0 Å². The number of halogens is 1. The van der Waals surface area contributed by atoms with Gasteiger partial charge in [0.1, 0.15) is 0 Å². The average Bonchev–Trinajstić information content (AvgIpc) is 3.03. The van der Waals surface area contributed by atoms with E-state index in [1.807, 2.05) is 43.6 Å². The Morgan fingerprint density at radius 2 is 2.04 bits per heavy atom. The molecule has 0 aliphatic rings. The van der Waals surface area contributed by atoms with Gasteiger partial charge in [0, 0.05) is 29.5 Å². The highest BCUT2D eigenvalue weighted by molar-refractivity contribution is 6.31. The predicted molar refractivity (Wildman–Crippen MR) is 98.4 cm³/mol. The summed E-state index contributed by atoms with van der Waals surface area (Å²) in [5, 5.41) is 17.1. The van der Waals surface area contributed by atoms with E-state index in [0.717, 1.165) is 22.3 Å². The van der Waals surface area contributed by atoms with E-state index >= 15 is 0 Å². The normalized spacial score (nSPS) is 10.7. The van der Waals surface area contributed by atoms with E-state index in [4.69, 9.17) is 11.6 Å². The number of nitrogens with one attached hydrogen (secondary N) is 1. The van der Waals surface area contributed by atoms with Crippen molar-refractivity contribution in [2.75, 3.05) is 5.32 Å². The van der Waals surface area contributed by atoms with Crippen LogP contribution in [-0.4, -0.2) is 20.8 Å². The highest BCUT2D eigenvalue weighted by Crippen LogP contribution is 2.25. The number of benzene rings is 2. The number of anilines is 1. The van der Waals surface area contributed by atoms with Gasteiger partial charge in [0.15, 0.2) is 0 Å². The third-order valence-corrected chi connectivity index (χ3v) is 4.17. The summed E-state index contributed by atoms with van der Waals surface area (Å²) in [4.78, 5) is 12.3. The van der Waals surface area contributed by atoms with Gasteiger partial charge >= 0.3 is 0 Å². The van der Waals surface area contributed by atoms with Crippen LogP contribution in [0, 0.1) is 0 Å². The fourth-order valence-electron chi connectivity index (χ4n) is 2.61. The van der Waals surface area contributed by atoms with E-state index in [0.29, 0.717) is 10.7 Å². The molecular formula is C19H18ClN3O2. The van der Waals surface area contributed by atoms with Crippen molar-refractivity contribution >= 4 is 23.2 Å². The molecule has 1 aromatic heterocycles. The van der Waals surface area contributed by atoms with Crippen LogP contribution in [0.1, 0.15) is 11.1 Å². The molecule has 0 spiro atoms. The van der Waals surface area contributed by atoms with Crippen LogP contribution in [0.4, 0.5) is 5.69 Å². The molecule has 0 bridgehead atoms. The highest BCUT2D eigenvalue weighted by atomic mass is 35.5. The molecule has 2 aromatic carbocycles. The first-order chi connectivity index (χ1) is 12.0. The number of carbonyl (C=O) groups excluding carboxylic acids is 1. The summed E-state index contributed by atoms with van der Waals surface area (Å²) in [6.07, 6.45) is 3.81. The van der Waals surface area contributed by atoms with Gasteiger partial charge in [0.2, 0.25) is 5.91 Å². The molecule has 0 saturated heterocycles. The summed E-state index contributed by atoms with van der Waals surface area (Å²) in [6, 6.07) is 12.8. The van der Waals surface area contributed by atoms with Crippen LogP contribution in [0.25, 0.3) is 11.1 Å². The molecule has 2 N–H and O–H groups in total. The van der Waals surface area contributed by atoms with Crippen LogP contribution in [0.15, 0.2) is 54.9 Å². The van der Waals surface area contributed by atoms with E-state index in [9.17, 15) is 9.90 Å². The number of carbonyl (C=O) groups is 1. The van der Waals surface area contributed by atoms with Crippen LogP contribution < -0.4 is 5.32 Å². The lowest BCUT2D eigenvalue weighted by molar-refractivity contribution is -0.115. The molecule has 0 aliphatic carbocycles. The monoisotopic (exact) mass is 355 g/mol. The molecule has 0 aliphatic heterocycles. The quantitative estimate of drug-likeness (QED) is 0.737. The molecule has 3 aromatic rings. The Morgan fingerprint density at radius 3 is 2.72 bits per heavy atom. The third kappa shape index (κ3) is 4.26. The number of amides is 1. The lowest BCUT2D eigenvalue weighted by Crippen LogP contribution is -2.14. The molecule has 0 atom stereocenters. The molecule has 6 heteroatoms. The van der Waals surface area contributed by atoms with Crippen molar-refractivity contribution in [3.8, 4) is 11.1 Å². The first kappa shape index (κ1) is 17.2. The minimum absolute atomic E-state index is 0.110. The number of hydrogen-bond acceptors (Lipinski definition) is 3. The lowest BCUT2D eigenvalue weighted by Gasteiger charge is -2.10. The van der Waals surface area contributed by atoms with Crippen molar-refractivity contribution in [2.24, 2.45) is 7.05 Å². The first-order valence-electron chi connectivity index (χ1n) is 7.82. The summed E-state index contributed by atoms with van der Waals surface area (Å²) in [6.45, 7) is -0.110. The molecule has 0 saturated carbocycles. The molecule has 0 fully saturated rings. The Kier molecular flexibility index (Phi) is 5.16. The van der Waals surface area contributed by atoms with E-state index in [1.54, 1.807) is 23.0 Å². The first-order valence-corrected chi connectivity index (χ1v) is 8.20. The summed E-state index contributed by atoms with van der Waals surface area (Å²) in [7, 11) is 1.84. The number of rotatable bonds is 5. The zero-order chi connectivity index (χ0) is 17.8. The van der Waals surface area contributed by atoms with Gasteiger partial charge in [0.05, 0.1) is 19.2 Å². The molecule has 128 valence electrons. The van der Waals surface area contributed by atoms with E-state index in [2.05, 4.69) is 10.4 Å². The van der Waals surface area contributed by atoms with E-state index < -0.39 is 0 Å². The highest BCUT2D eigenvalue weighted by Gasteiger charge is 2.10. The molecule has 3 rings (SSSR count). The minimum atomic E-state index is -0.166. The second-order valence-corrected chi connectivity index (χ2v) is 6.20. The maximum absolute atomic E-state index is 12.3. The molecule has 0 unspecified atom stereocenters. The van der Waals surface area contributed by atoms with Crippen molar-refractivity contribution in [2.45, 2.75) is 13.0 Å². The zero-order valence-corrected chi connectivity index (χ0v) is 14.5. The van der Waals surface area contributed by atoms with Gasteiger partial charge in [-0.2, -0.15) is 5.10 Å². The van der Waals surface area contributed by atoms with Gasteiger partial charge in [-0.3, -0.25) is 9.48 Å². The average molecular weight is 356 g/mol. The molecular weight excluding hydrogens is 338 g/mol. The Hall–Kier alpha value is -2.63. The van der Waals surface area contributed by atoms with Crippen molar-refractivity contribution in [1.82, 2.24) is 9.78 Å². The van der Waals surface area contributed by atoms with Gasteiger partial charge < -0.3 is 10.4 Å². The number of aliphatic hydroxyl groups excluding tert-OH is 1. The van der Waals surface area contributed by atoms with Crippen molar-refractivity contribution < 1.29 is 9.90 Å². The van der Waals surface area contributed by atoms with Crippen LogP contribution in [0.2, 0.25) is 5.02 Å². The Bertz CT molecular complexity index is 905. The van der Waals surface area contributed by atoms with Gasteiger partial charge in [-0.25, -0.2) is 0 Å².